The Morgan fingerprint density at radius 1 is 1.08 bits per heavy atom. The lowest BCUT2D eigenvalue weighted by atomic mass is 9.93. The summed E-state index contributed by atoms with van der Waals surface area (Å²) in [6, 6.07) is 5.73. The molecule has 3 aromatic rings. The van der Waals surface area contributed by atoms with E-state index in [0.29, 0.717) is 49.4 Å². The van der Waals surface area contributed by atoms with Gasteiger partial charge in [0.25, 0.3) is 0 Å². The third-order valence-corrected chi connectivity index (χ3v) is 11.5. The molecule has 2 saturated carbocycles. The Bertz CT molecular complexity index is 1750. The van der Waals surface area contributed by atoms with Gasteiger partial charge in [-0.25, -0.2) is 14.8 Å². The molecule has 2 N–H and O–H groups in total. The minimum Gasteiger partial charge on any atom is -0.496 e. The maximum atomic E-state index is 14.0. The number of pyridine rings is 1. The van der Waals surface area contributed by atoms with Crippen molar-refractivity contribution in [2.24, 2.45) is 17.8 Å². The Morgan fingerprint density at radius 2 is 1.86 bits per heavy atom. The number of methoxy groups -OCH3 is 1. The highest BCUT2D eigenvalue weighted by atomic mass is 32.1. The molecule has 3 heterocycles. The first-order chi connectivity index (χ1) is 23.5. The van der Waals surface area contributed by atoms with Gasteiger partial charge in [-0.2, -0.15) is 0 Å². The molecule has 11 heteroatoms. The summed E-state index contributed by atoms with van der Waals surface area (Å²) in [5.74, 6) is -1.38. The lowest BCUT2D eigenvalue weighted by molar-refractivity contribution is -0.145. The molecular weight excluding hydrogens is 641 g/mol. The van der Waals surface area contributed by atoms with Crippen LogP contribution >= 0.6 is 11.3 Å². The van der Waals surface area contributed by atoms with Gasteiger partial charge in [0.2, 0.25) is 11.8 Å². The quantitative estimate of drug-likeness (QED) is 0.268. The van der Waals surface area contributed by atoms with Crippen LogP contribution in [0.5, 0.6) is 11.5 Å². The highest BCUT2D eigenvalue weighted by Crippen LogP contribution is 2.48. The molecule has 2 amide bonds. The van der Waals surface area contributed by atoms with E-state index in [1.54, 1.807) is 19.1 Å². The first-order valence-corrected chi connectivity index (χ1v) is 18.5. The number of nitrogens with one attached hydrogen (secondary N) is 1. The summed E-state index contributed by atoms with van der Waals surface area (Å²) in [4.78, 5) is 52.1. The maximum absolute atomic E-state index is 14.0. The average molecular weight is 689 g/mol. The lowest BCUT2D eigenvalue weighted by Crippen LogP contribution is -2.49. The molecule has 1 aliphatic heterocycles. The van der Waals surface area contributed by atoms with Crippen molar-refractivity contribution < 1.29 is 29.0 Å². The molecule has 0 radical (unpaired) electrons. The topological polar surface area (TPSA) is 131 Å². The van der Waals surface area contributed by atoms with E-state index >= 15 is 0 Å². The summed E-state index contributed by atoms with van der Waals surface area (Å²) in [6.07, 6.45) is 10.2. The monoisotopic (exact) mass is 688 g/mol. The zero-order chi connectivity index (χ0) is 34.9. The van der Waals surface area contributed by atoms with Crippen molar-refractivity contribution in [1.29, 1.82) is 0 Å². The number of allylic oxidation sites excluding steroid dienone is 2. The number of carboxylic acids is 1. The van der Waals surface area contributed by atoms with Crippen molar-refractivity contribution in [2.45, 2.75) is 96.1 Å². The Morgan fingerprint density at radius 3 is 2.59 bits per heavy atom. The van der Waals surface area contributed by atoms with Gasteiger partial charge in [0.15, 0.2) is 0 Å². The predicted molar refractivity (Wildman–Crippen MR) is 190 cm³/mol. The van der Waals surface area contributed by atoms with Crippen LogP contribution in [0.4, 0.5) is 0 Å². The first kappa shape index (κ1) is 34.9. The van der Waals surface area contributed by atoms with Crippen LogP contribution in [-0.2, 0) is 14.4 Å². The van der Waals surface area contributed by atoms with Crippen molar-refractivity contribution in [1.82, 2.24) is 20.2 Å². The average Bonchev–Trinajstić information content (AvgIpc) is 3.38. The third-order valence-electron chi connectivity index (χ3n) is 10.6. The van der Waals surface area contributed by atoms with Crippen LogP contribution < -0.4 is 14.8 Å². The molecule has 49 heavy (non-hydrogen) atoms. The highest BCUT2D eigenvalue weighted by molar-refractivity contribution is 7.13. The molecular formula is C38H48N4O6S. The molecule has 10 nitrogen and oxygen atoms in total. The van der Waals surface area contributed by atoms with E-state index in [0.717, 1.165) is 59.3 Å². The summed E-state index contributed by atoms with van der Waals surface area (Å²) >= 11 is 1.53. The SMILES string of the molecule is COc1ccc2c(OC3CC4C(=O)NC5(C(=O)O)CC5CC/C=C\CCCCCN(C)C(=O)C4C3)cc(-c3nc(C(C)C)cs3)nc2c1C. The molecule has 2 aromatic heterocycles. The maximum Gasteiger partial charge on any atom is 0.329 e. The summed E-state index contributed by atoms with van der Waals surface area (Å²) in [5, 5.41) is 16.8. The van der Waals surface area contributed by atoms with Gasteiger partial charge in [0.05, 0.1) is 30.2 Å². The van der Waals surface area contributed by atoms with Crippen molar-refractivity contribution in [2.75, 3.05) is 20.7 Å². The molecule has 6 rings (SSSR count). The van der Waals surface area contributed by atoms with E-state index in [1.165, 1.54) is 11.3 Å². The zero-order valence-corrected chi connectivity index (χ0v) is 30.0. The van der Waals surface area contributed by atoms with Crippen LogP contribution in [0.15, 0.2) is 35.7 Å². The summed E-state index contributed by atoms with van der Waals surface area (Å²) in [6.45, 7) is 6.78. The van der Waals surface area contributed by atoms with E-state index < -0.39 is 29.4 Å². The summed E-state index contributed by atoms with van der Waals surface area (Å²) in [7, 11) is 3.43. The van der Waals surface area contributed by atoms with E-state index in [4.69, 9.17) is 19.4 Å². The van der Waals surface area contributed by atoms with Crippen LogP contribution in [0.3, 0.4) is 0 Å². The standard InChI is InChI=1S/C38H48N4O6S/c1-22(2)30-21-49-35(40-30)29-19-32(26-14-15-31(47-5)23(3)33(26)39-29)48-25-17-27-28(18-25)36(44)42(4)16-12-10-8-6-7-9-11-13-24-20-38(24,37(45)46)41-34(27)43/h7,9,14-15,19,21-22,24-25,27-28H,6,8,10-13,16-18,20H2,1-5H3,(H,41,43)(H,45,46)/b9-7-. The van der Waals surface area contributed by atoms with E-state index in [-0.39, 0.29) is 23.7 Å². The number of amides is 2. The van der Waals surface area contributed by atoms with Crippen molar-refractivity contribution in [3.8, 4) is 22.2 Å². The third kappa shape index (κ3) is 7.18. The van der Waals surface area contributed by atoms with Crippen LogP contribution in [-0.4, -0.2) is 70.1 Å². The van der Waals surface area contributed by atoms with E-state index in [2.05, 4.69) is 36.7 Å². The number of hydrogen-bond donors (Lipinski definition) is 2. The number of benzene rings is 1. The fourth-order valence-corrected chi connectivity index (χ4v) is 8.42. The lowest BCUT2D eigenvalue weighted by Gasteiger charge is -2.26. The number of ether oxygens (including phenoxy) is 2. The highest BCUT2D eigenvalue weighted by Gasteiger charge is 2.62. The molecule has 1 aromatic carbocycles. The van der Waals surface area contributed by atoms with Gasteiger partial charge < -0.3 is 24.8 Å². The Balaban J connectivity index is 1.33. The molecule has 0 bridgehead atoms. The number of aromatic nitrogens is 2. The molecule has 0 spiro atoms. The van der Waals surface area contributed by atoms with Gasteiger partial charge in [-0.3, -0.25) is 9.59 Å². The Kier molecular flexibility index (Phi) is 10.3. The smallest absolute Gasteiger partial charge is 0.329 e. The number of hydrogen-bond acceptors (Lipinski definition) is 8. The molecule has 5 atom stereocenters. The van der Waals surface area contributed by atoms with Crippen molar-refractivity contribution in [3.63, 3.8) is 0 Å². The van der Waals surface area contributed by atoms with Crippen LogP contribution in [0.1, 0.15) is 88.8 Å². The van der Waals surface area contributed by atoms with Gasteiger partial charge in [-0.15, -0.1) is 11.3 Å². The number of carbonyl (C=O) groups excluding carboxylic acids is 2. The molecule has 2 aliphatic carbocycles. The van der Waals surface area contributed by atoms with Crippen molar-refractivity contribution in [3.05, 3.63) is 47.0 Å². The zero-order valence-electron chi connectivity index (χ0n) is 29.2. The first-order valence-electron chi connectivity index (χ1n) is 17.6. The van der Waals surface area contributed by atoms with Crippen LogP contribution in [0.25, 0.3) is 21.6 Å². The number of nitrogens with zero attached hydrogens (tertiary/aromatic N) is 3. The predicted octanol–water partition coefficient (Wildman–Crippen LogP) is 6.90. The van der Waals surface area contributed by atoms with Gasteiger partial charge in [-0.05, 0) is 82.3 Å². The number of carboxylic acid groups (broad SMARTS) is 1. The Labute approximate surface area is 292 Å². The number of aliphatic carboxylic acids is 1. The minimum absolute atomic E-state index is 0.1000. The fourth-order valence-electron chi connectivity index (χ4n) is 7.48. The van der Waals surface area contributed by atoms with Gasteiger partial charge in [0.1, 0.15) is 33.8 Å². The Hall–Kier alpha value is -3.99. The summed E-state index contributed by atoms with van der Waals surface area (Å²) < 4.78 is 12.4. The number of aryl methyl sites for hydroxylation is 1. The van der Waals surface area contributed by atoms with Crippen LogP contribution in [0, 0.1) is 24.7 Å². The number of thiazole rings is 1. The summed E-state index contributed by atoms with van der Waals surface area (Å²) in [5.41, 5.74) is 2.00. The molecule has 5 unspecified atom stereocenters. The largest absolute Gasteiger partial charge is 0.496 e. The minimum atomic E-state index is -1.29. The molecule has 262 valence electrons. The fraction of sp³-hybridized carbons (Fsp3) is 0.553. The normalized spacial score (nSPS) is 27.3. The number of rotatable bonds is 6. The second kappa shape index (κ2) is 14.5. The van der Waals surface area contributed by atoms with Gasteiger partial charge in [0, 0.05) is 36.0 Å². The van der Waals surface area contributed by atoms with E-state index in [1.807, 2.05) is 25.1 Å². The van der Waals surface area contributed by atoms with Gasteiger partial charge in [-0.1, -0.05) is 32.4 Å². The van der Waals surface area contributed by atoms with Crippen LogP contribution in [0.2, 0.25) is 0 Å². The molecule has 2 fully saturated rings. The van der Waals surface area contributed by atoms with E-state index in [9.17, 15) is 19.5 Å². The molecule has 0 saturated heterocycles. The second-order valence-corrected chi connectivity index (χ2v) is 15.1. The number of fused-ring (bicyclic) bond motifs is 3. The second-order valence-electron chi connectivity index (χ2n) is 14.3. The van der Waals surface area contributed by atoms with Crippen molar-refractivity contribution >= 4 is 40.0 Å². The van der Waals surface area contributed by atoms with Gasteiger partial charge >= 0.3 is 5.97 Å². The molecule has 3 aliphatic rings. The number of carbonyl (C=O) groups is 3.